The summed E-state index contributed by atoms with van der Waals surface area (Å²) in [7, 11) is 0. The van der Waals surface area contributed by atoms with Gasteiger partial charge < -0.3 is 15.8 Å². The number of ether oxygens (including phenoxy) is 1. The van der Waals surface area contributed by atoms with Gasteiger partial charge in [0.25, 0.3) is 0 Å². The molecule has 1 amide bonds. The summed E-state index contributed by atoms with van der Waals surface area (Å²) in [6, 6.07) is 8.18. The summed E-state index contributed by atoms with van der Waals surface area (Å²) in [5, 5.41) is 3.49. The second-order valence-electron chi connectivity index (χ2n) is 4.96. The Morgan fingerprint density at radius 1 is 1.37 bits per heavy atom. The van der Waals surface area contributed by atoms with Crippen molar-refractivity contribution in [3.05, 3.63) is 24.3 Å². The number of carbonyl (C=O) groups excluding carboxylic acids is 1. The fourth-order valence-electron chi connectivity index (χ4n) is 1.91. The zero-order chi connectivity index (χ0) is 14.3. The quantitative estimate of drug-likeness (QED) is 0.759. The second-order valence-corrected chi connectivity index (χ2v) is 4.96. The molecule has 0 radical (unpaired) electrons. The van der Waals surface area contributed by atoms with E-state index in [4.69, 9.17) is 10.5 Å². The number of nitrogens with two attached hydrogens (primary N) is 1. The molecule has 0 aromatic heterocycles. The lowest BCUT2D eigenvalue weighted by atomic mass is 10.0. The number of carbonyl (C=O) groups is 1. The number of primary amides is 1. The Hall–Kier alpha value is -1.71. The van der Waals surface area contributed by atoms with E-state index in [1.165, 1.54) is 0 Å². The molecule has 1 unspecified atom stereocenters. The Labute approximate surface area is 115 Å². The number of amides is 1. The molecule has 1 atom stereocenters. The molecule has 0 aliphatic rings. The molecule has 106 valence electrons. The zero-order valence-corrected chi connectivity index (χ0v) is 12.0. The van der Waals surface area contributed by atoms with Crippen LogP contribution in [0.3, 0.4) is 0 Å². The molecule has 4 heteroatoms. The van der Waals surface area contributed by atoms with E-state index >= 15 is 0 Å². The van der Waals surface area contributed by atoms with Gasteiger partial charge in [0.1, 0.15) is 5.75 Å². The molecule has 4 nitrogen and oxygen atoms in total. The third kappa shape index (κ3) is 5.20. The van der Waals surface area contributed by atoms with Crippen molar-refractivity contribution in [1.29, 1.82) is 0 Å². The zero-order valence-electron chi connectivity index (χ0n) is 12.0. The van der Waals surface area contributed by atoms with Crippen LogP contribution < -0.4 is 15.8 Å². The monoisotopic (exact) mass is 264 g/mol. The topological polar surface area (TPSA) is 64.3 Å². The Balaban J connectivity index is 2.69. The first-order chi connectivity index (χ1) is 9.04. The van der Waals surface area contributed by atoms with Crippen molar-refractivity contribution in [2.75, 3.05) is 11.9 Å². The van der Waals surface area contributed by atoms with Crippen molar-refractivity contribution in [2.24, 2.45) is 11.7 Å². The van der Waals surface area contributed by atoms with Crippen molar-refractivity contribution in [2.45, 2.75) is 39.7 Å². The van der Waals surface area contributed by atoms with E-state index in [1.807, 2.05) is 24.3 Å². The molecule has 3 N–H and O–H groups in total. The minimum Gasteiger partial charge on any atom is -0.491 e. The molecule has 0 bridgehead atoms. The van der Waals surface area contributed by atoms with Gasteiger partial charge >= 0.3 is 0 Å². The van der Waals surface area contributed by atoms with Crippen molar-refractivity contribution >= 4 is 11.6 Å². The number of hydrogen-bond donors (Lipinski definition) is 2. The van der Waals surface area contributed by atoms with Crippen LogP contribution in [0.4, 0.5) is 5.69 Å². The summed E-state index contributed by atoms with van der Waals surface area (Å²) in [5.74, 6) is 0.964. The normalized spacial score (nSPS) is 12.2. The molecule has 0 fully saturated rings. The van der Waals surface area contributed by atoms with Gasteiger partial charge in [-0.15, -0.1) is 0 Å². The third-order valence-corrected chi connectivity index (χ3v) is 3.08. The second kappa shape index (κ2) is 7.67. The van der Waals surface area contributed by atoms with Gasteiger partial charge in [0.15, 0.2) is 0 Å². The van der Waals surface area contributed by atoms with Crippen molar-refractivity contribution < 1.29 is 9.53 Å². The summed E-state index contributed by atoms with van der Waals surface area (Å²) in [6.45, 7) is 6.86. The Kier molecular flexibility index (Phi) is 6.19. The molecule has 0 saturated carbocycles. The van der Waals surface area contributed by atoms with Gasteiger partial charge in [-0.2, -0.15) is 0 Å². The molecule has 0 saturated heterocycles. The standard InChI is InChI=1S/C15H24N2O2/c1-4-12(11(2)3)17-13-7-5-6-8-14(13)19-10-9-15(16)18/h5-8,11-12,17H,4,9-10H2,1-3H3,(H2,16,18). The minimum atomic E-state index is -0.348. The molecular weight excluding hydrogens is 240 g/mol. The minimum absolute atomic E-state index is 0.232. The van der Waals surface area contributed by atoms with Crippen LogP contribution in [0.5, 0.6) is 5.75 Å². The number of nitrogens with one attached hydrogen (secondary N) is 1. The molecule has 0 heterocycles. The van der Waals surface area contributed by atoms with Crippen LogP contribution in [0.1, 0.15) is 33.6 Å². The van der Waals surface area contributed by atoms with E-state index in [0.717, 1.165) is 17.9 Å². The molecule has 1 aromatic carbocycles. The molecule has 0 spiro atoms. The van der Waals surface area contributed by atoms with Crippen LogP contribution in [0.2, 0.25) is 0 Å². The first-order valence-corrected chi connectivity index (χ1v) is 6.81. The Bertz CT molecular complexity index is 405. The largest absolute Gasteiger partial charge is 0.491 e. The highest BCUT2D eigenvalue weighted by Crippen LogP contribution is 2.26. The molecular formula is C15H24N2O2. The molecule has 19 heavy (non-hydrogen) atoms. The van der Waals surface area contributed by atoms with Crippen molar-refractivity contribution in [3.8, 4) is 5.75 Å². The van der Waals surface area contributed by atoms with E-state index in [0.29, 0.717) is 18.6 Å². The average molecular weight is 264 g/mol. The summed E-state index contributed by atoms with van der Waals surface area (Å²) in [6.07, 6.45) is 1.28. The first-order valence-electron chi connectivity index (χ1n) is 6.81. The lowest BCUT2D eigenvalue weighted by Gasteiger charge is -2.23. The highest BCUT2D eigenvalue weighted by atomic mass is 16.5. The average Bonchev–Trinajstić information content (AvgIpc) is 2.36. The summed E-state index contributed by atoms with van der Waals surface area (Å²) in [5.41, 5.74) is 6.07. The van der Waals surface area contributed by atoms with Gasteiger partial charge in [-0.3, -0.25) is 4.79 Å². The van der Waals surface area contributed by atoms with E-state index < -0.39 is 0 Å². The van der Waals surface area contributed by atoms with Crippen LogP contribution >= 0.6 is 0 Å². The van der Waals surface area contributed by atoms with Crippen molar-refractivity contribution in [1.82, 2.24) is 0 Å². The third-order valence-electron chi connectivity index (χ3n) is 3.08. The van der Waals surface area contributed by atoms with Gasteiger partial charge in [-0.05, 0) is 24.5 Å². The molecule has 0 aliphatic carbocycles. The highest BCUT2D eigenvalue weighted by Gasteiger charge is 2.13. The van der Waals surface area contributed by atoms with E-state index in [-0.39, 0.29) is 12.3 Å². The van der Waals surface area contributed by atoms with Crippen LogP contribution in [-0.2, 0) is 4.79 Å². The smallest absolute Gasteiger partial charge is 0.220 e. The lowest BCUT2D eigenvalue weighted by Crippen LogP contribution is -2.25. The lowest BCUT2D eigenvalue weighted by molar-refractivity contribution is -0.118. The Morgan fingerprint density at radius 2 is 2.05 bits per heavy atom. The molecule has 0 aliphatic heterocycles. The Morgan fingerprint density at radius 3 is 2.63 bits per heavy atom. The van der Waals surface area contributed by atoms with Gasteiger partial charge in [0.05, 0.1) is 18.7 Å². The van der Waals surface area contributed by atoms with Gasteiger partial charge in [-0.1, -0.05) is 32.9 Å². The van der Waals surface area contributed by atoms with E-state index in [9.17, 15) is 4.79 Å². The highest BCUT2D eigenvalue weighted by molar-refractivity contribution is 5.73. The number of hydrogen-bond acceptors (Lipinski definition) is 3. The van der Waals surface area contributed by atoms with Crippen LogP contribution in [-0.4, -0.2) is 18.6 Å². The molecule has 1 aromatic rings. The number of benzene rings is 1. The molecule has 1 rings (SSSR count). The van der Waals surface area contributed by atoms with E-state index in [2.05, 4.69) is 26.1 Å². The summed E-state index contributed by atoms with van der Waals surface area (Å²) >= 11 is 0. The SMILES string of the molecule is CCC(Nc1ccccc1OCCC(N)=O)C(C)C. The maximum Gasteiger partial charge on any atom is 0.220 e. The van der Waals surface area contributed by atoms with Crippen LogP contribution in [0, 0.1) is 5.92 Å². The van der Waals surface area contributed by atoms with Gasteiger partial charge in [0, 0.05) is 6.04 Å². The summed E-state index contributed by atoms with van der Waals surface area (Å²) < 4.78 is 5.61. The van der Waals surface area contributed by atoms with Gasteiger partial charge in [0.2, 0.25) is 5.91 Å². The maximum absolute atomic E-state index is 10.7. The fraction of sp³-hybridized carbons (Fsp3) is 0.533. The fourth-order valence-corrected chi connectivity index (χ4v) is 1.91. The number of para-hydroxylation sites is 2. The number of rotatable bonds is 8. The van der Waals surface area contributed by atoms with E-state index in [1.54, 1.807) is 0 Å². The van der Waals surface area contributed by atoms with Gasteiger partial charge in [-0.25, -0.2) is 0 Å². The van der Waals surface area contributed by atoms with Crippen LogP contribution in [0.15, 0.2) is 24.3 Å². The predicted octanol–water partition coefficient (Wildman–Crippen LogP) is 2.79. The van der Waals surface area contributed by atoms with Crippen LogP contribution in [0.25, 0.3) is 0 Å². The summed E-state index contributed by atoms with van der Waals surface area (Å²) in [4.78, 5) is 10.7. The number of anilines is 1. The predicted molar refractivity (Wildman–Crippen MR) is 78.3 cm³/mol. The van der Waals surface area contributed by atoms with Crippen molar-refractivity contribution in [3.63, 3.8) is 0 Å². The first kappa shape index (κ1) is 15.3. The maximum atomic E-state index is 10.7.